The molecule has 234 valence electrons. The fourth-order valence-corrected chi connectivity index (χ4v) is 5.64. The summed E-state index contributed by atoms with van der Waals surface area (Å²) in [6.45, 7) is 13.5. The van der Waals surface area contributed by atoms with Crippen molar-refractivity contribution in [2.24, 2.45) is 0 Å². The minimum atomic E-state index is -1.30. The van der Waals surface area contributed by atoms with Gasteiger partial charge in [0.05, 0.1) is 25.3 Å². The van der Waals surface area contributed by atoms with Gasteiger partial charge in [-0.3, -0.25) is 0 Å². The van der Waals surface area contributed by atoms with E-state index in [2.05, 4.69) is 107 Å². The molecular weight excluding hydrogens is 572 g/mol. The van der Waals surface area contributed by atoms with Crippen LogP contribution < -0.4 is 9.47 Å². The number of hydrogen-bond donors (Lipinski definition) is 1. The molecule has 6 nitrogen and oxygen atoms in total. The summed E-state index contributed by atoms with van der Waals surface area (Å²) in [6.07, 6.45) is 5.19. The molecule has 0 aliphatic rings. The normalized spacial score (nSPS) is 12.5. The smallest absolute Gasteiger partial charge is 0.346 e. The number of benzene rings is 4. The summed E-state index contributed by atoms with van der Waals surface area (Å²) >= 11 is 0. The second-order valence-corrected chi connectivity index (χ2v) is 13.5. The predicted molar refractivity (Wildman–Crippen MR) is 188 cm³/mol. The van der Waals surface area contributed by atoms with Crippen LogP contribution in [0.3, 0.4) is 0 Å². The van der Waals surface area contributed by atoms with Crippen LogP contribution in [-0.2, 0) is 15.6 Å². The Morgan fingerprint density at radius 3 is 1.70 bits per heavy atom. The summed E-state index contributed by atoms with van der Waals surface area (Å²) in [6, 6.07) is 27.2. The van der Waals surface area contributed by atoms with Gasteiger partial charge in [-0.2, -0.15) is 5.26 Å². The lowest BCUT2D eigenvalue weighted by Crippen LogP contribution is -2.10. The number of rotatable bonds is 7. The topological polar surface area (TPSA) is 84.5 Å². The van der Waals surface area contributed by atoms with Crippen molar-refractivity contribution < 1.29 is 19.4 Å². The maximum Gasteiger partial charge on any atom is 0.346 e. The molecule has 1 heterocycles. The van der Waals surface area contributed by atoms with Gasteiger partial charge in [0.2, 0.25) is 0 Å². The van der Waals surface area contributed by atoms with Gasteiger partial charge in [0.25, 0.3) is 0 Å². The van der Waals surface area contributed by atoms with Crippen LogP contribution in [0.15, 0.2) is 78.4 Å². The van der Waals surface area contributed by atoms with Gasteiger partial charge >= 0.3 is 5.97 Å². The Morgan fingerprint density at radius 1 is 0.739 bits per heavy atom. The summed E-state index contributed by atoms with van der Waals surface area (Å²) in [5, 5.41) is 21.0. The van der Waals surface area contributed by atoms with Crippen molar-refractivity contribution >= 4 is 46.0 Å². The largest absolute Gasteiger partial charge is 0.496 e. The monoisotopic (exact) mass is 612 g/mol. The van der Waals surface area contributed by atoms with Crippen LogP contribution in [-0.4, -0.2) is 29.9 Å². The number of ether oxygens (including phenoxy) is 2. The fraction of sp³-hybridized carbons (Fsp3) is 0.250. The number of nitrogens with zero attached hydrogens (tertiary/aromatic N) is 2. The molecule has 0 aliphatic carbocycles. The summed E-state index contributed by atoms with van der Waals surface area (Å²) in [7, 11) is 3.05. The van der Waals surface area contributed by atoms with E-state index in [1.54, 1.807) is 25.3 Å². The minimum Gasteiger partial charge on any atom is -0.496 e. The van der Waals surface area contributed by atoms with E-state index in [0.29, 0.717) is 17.1 Å². The molecule has 1 N–H and O–H groups in total. The van der Waals surface area contributed by atoms with E-state index in [1.165, 1.54) is 46.1 Å². The van der Waals surface area contributed by atoms with Crippen molar-refractivity contribution in [3.63, 3.8) is 0 Å². The highest BCUT2D eigenvalue weighted by Gasteiger charge is 2.21. The summed E-state index contributed by atoms with van der Waals surface area (Å²) < 4.78 is 13.4. The van der Waals surface area contributed by atoms with E-state index in [9.17, 15) is 15.2 Å². The van der Waals surface area contributed by atoms with Crippen molar-refractivity contribution in [2.75, 3.05) is 14.2 Å². The lowest BCUT2D eigenvalue weighted by atomic mass is 9.85. The number of aliphatic carboxylic acids is 1. The Labute approximate surface area is 270 Å². The number of hydrogen-bond acceptors (Lipinski definition) is 4. The van der Waals surface area contributed by atoms with E-state index < -0.39 is 11.5 Å². The standard InChI is InChI=1S/C40H40N2O4/c1-39(2,3)29-13-17-34-32(22-29)33-23-30(40(4,5)6)14-18-35(33)42(34)31-15-10-25(11-16-31)9-12-26-20-37(46-8)27(21-36(26)45-7)19-28(24-41)38(43)44/h9-23H,1-8H3,(H,43,44)/b12-9+,28-19+. The number of fused-ring (bicyclic) bond motifs is 3. The van der Waals surface area contributed by atoms with Crippen molar-refractivity contribution in [3.05, 3.63) is 106 Å². The molecule has 5 aromatic rings. The van der Waals surface area contributed by atoms with Crippen LogP contribution in [0.25, 0.3) is 45.7 Å². The van der Waals surface area contributed by atoms with Gasteiger partial charge in [-0.15, -0.1) is 0 Å². The van der Waals surface area contributed by atoms with Gasteiger partial charge in [-0.1, -0.05) is 78.0 Å². The molecule has 5 rings (SSSR count). The van der Waals surface area contributed by atoms with Crippen LogP contribution in [0, 0.1) is 11.3 Å². The van der Waals surface area contributed by atoms with E-state index in [1.807, 2.05) is 12.2 Å². The number of nitriles is 1. The Kier molecular flexibility index (Phi) is 8.56. The van der Waals surface area contributed by atoms with Crippen molar-refractivity contribution in [2.45, 2.75) is 52.4 Å². The van der Waals surface area contributed by atoms with E-state index in [-0.39, 0.29) is 10.8 Å². The molecular formula is C40H40N2O4. The predicted octanol–water partition coefficient (Wildman–Crippen LogP) is 9.56. The molecule has 4 aromatic carbocycles. The molecule has 0 atom stereocenters. The Hall–Kier alpha value is -5.28. The summed E-state index contributed by atoms with van der Waals surface area (Å²) in [5.74, 6) is -0.348. The van der Waals surface area contributed by atoms with E-state index in [0.717, 1.165) is 16.8 Å². The molecule has 46 heavy (non-hydrogen) atoms. The van der Waals surface area contributed by atoms with Gasteiger partial charge in [-0.05, 0) is 82.1 Å². The lowest BCUT2D eigenvalue weighted by Gasteiger charge is -2.19. The highest BCUT2D eigenvalue weighted by Crippen LogP contribution is 2.38. The second kappa shape index (κ2) is 12.3. The molecule has 0 saturated carbocycles. The average molecular weight is 613 g/mol. The third-order valence-electron chi connectivity index (χ3n) is 8.34. The van der Waals surface area contributed by atoms with Crippen molar-refractivity contribution in [1.29, 1.82) is 5.26 Å². The average Bonchev–Trinajstić information content (AvgIpc) is 3.35. The Bertz CT molecular complexity index is 1990. The molecule has 0 radical (unpaired) electrons. The zero-order chi connectivity index (χ0) is 33.4. The van der Waals surface area contributed by atoms with Crippen LogP contribution in [0.4, 0.5) is 0 Å². The maximum atomic E-state index is 11.4. The quantitative estimate of drug-likeness (QED) is 0.112. The molecule has 0 fully saturated rings. The van der Waals surface area contributed by atoms with Crippen molar-refractivity contribution in [1.82, 2.24) is 4.57 Å². The Morgan fingerprint density at radius 2 is 1.24 bits per heavy atom. The van der Waals surface area contributed by atoms with Crippen molar-refractivity contribution in [3.8, 4) is 23.3 Å². The fourth-order valence-electron chi connectivity index (χ4n) is 5.64. The third kappa shape index (κ3) is 6.27. The molecule has 0 spiro atoms. The SMILES string of the molecule is COc1cc(/C=C(\C#N)C(=O)O)c(OC)cc1/C=C/c1ccc(-n2c3ccc(C(C)(C)C)cc3c3cc(C(C)(C)C)ccc32)cc1. The van der Waals surface area contributed by atoms with Crippen LogP contribution in [0.5, 0.6) is 11.5 Å². The number of aromatic nitrogens is 1. The third-order valence-corrected chi connectivity index (χ3v) is 8.34. The summed E-state index contributed by atoms with van der Waals surface area (Å²) in [4.78, 5) is 11.4. The molecule has 0 amide bonds. The number of carboxylic acid groups (broad SMARTS) is 1. The molecule has 0 saturated heterocycles. The number of methoxy groups -OCH3 is 2. The molecule has 0 bridgehead atoms. The van der Waals surface area contributed by atoms with Crippen LogP contribution >= 0.6 is 0 Å². The summed E-state index contributed by atoms with van der Waals surface area (Å²) in [5.41, 5.74) is 7.92. The second-order valence-electron chi connectivity index (χ2n) is 13.5. The zero-order valence-corrected chi connectivity index (χ0v) is 27.7. The maximum absolute atomic E-state index is 11.4. The Balaban J connectivity index is 1.55. The lowest BCUT2D eigenvalue weighted by molar-refractivity contribution is -0.132. The molecule has 0 unspecified atom stereocenters. The first-order valence-corrected chi connectivity index (χ1v) is 15.2. The minimum absolute atomic E-state index is 0.0417. The first kappa shape index (κ1) is 32.1. The number of carbonyl (C=O) groups is 1. The van der Waals surface area contributed by atoms with Crippen LogP contribution in [0.1, 0.15) is 69.4 Å². The van der Waals surface area contributed by atoms with Gasteiger partial charge in [0.1, 0.15) is 23.1 Å². The number of carboxylic acids is 1. The first-order valence-electron chi connectivity index (χ1n) is 15.2. The zero-order valence-electron chi connectivity index (χ0n) is 27.7. The van der Waals surface area contributed by atoms with E-state index >= 15 is 0 Å². The van der Waals surface area contributed by atoms with Gasteiger partial charge in [0.15, 0.2) is 0 Å². The molecule has 0 aliphatic heterocycles. The highest BCUT2D eigenvalue weighted by molar-refractivity contribution is 6.10. The van der Waals surface area contributed by atoms with Gasteiger partial charge in [-0.25, -0.2) is 4.79 Å². The van der Waals surface area contributed by atoms with Gasteiger partial charge < -0.3 is 19.1 Å². The first-order chi connectivity index (χ1) is 21.7. The van der Waals surface area contributed by atoms with E-state index in [4.69, 9.17) is 9.47 Å². The molecule has 6 heteroatoms. The molecule has 1 aromatic heterocycles. The van der Waals surface area contributed by atoms with Gasteiger partial charge in [0, 0.05) is 27.6 Å². The van der Waals surface area contributed by atoms with Crippen LogP contribution in [0.2, 0.25) is 0 Å². The highest BCUT2D eigenvalue weighted by atomic mass is 16.5.